The van der Waals surface area contributed by atoms with Gasteiger partial charge >= 0.3 is 0 Å². The highest BCUT2D eigenvalue weighted by molar-refractivity contribution is 6.30. The van der Waals surface area contributed by atoms with Gasteiger partial charge in [-0.15, -0.1) is 0 Å². The van der Waals surface area contributed by atoms with E-state index in [1.807, 2.05) is 0 Å². The number of hydrogen-bond acceptors (Lipinski definition) is 6. The summed E-state index contributed by atoms with van der Waals surface area (Å²) in [5.41, 5.74) is 5.01. The van der Waals surface area contributed by atoms with Crippen LogP contribution in [0, 0.1) is 5.82 Å². The summed E-state index contributed by atoms with van der Waals surface area (Å²) in [7, 11) is 0. The van der Waals surface area contributed by atoms with Crippen molar-refractivity contribution >= 4 is 23.4 Å². The van der Waals surface area contributed by atoms with Crippen LogP contribution in [0.2, 0.25) is 5.02 Å². The molecule has 1 aliphatic heterocycles. The maximum Gasteiger partial charge on any atom is 0.266 e. The van der Waals surface area contributed by atoms with E-state index in [1.165, 1.54) is 12.1 Å². The molecule has 2 amide bonds. The molecule has 8 nitrogen and oxygen atoms in total. The van der Waals surface area contributed by atoms with Gasteiger partial charge in [-0.05, 0) is 38.3 Å². The Morgan fingerprint density at radius 3 is 2.63 bits per heavy atom. The maximum atomic E-state index is 13.4. The molecule has 0 spiro atoms. The highest BCUT2D eigenvalue weighted by atomic mass is 35.5. The number of amides is 2. The van der Waals surface area contributed by atoms with Crippen molar-refractivity contribution in [2.75, 3.05) is 6.61 Å². The molecule has 27 heavy (non-hydrogen) atoms. The van der Waals surface area contributed by atoms with Crippen molar-refractivity contribution in [2.45, 2.75) is 49.7 Å². The van der Waals surface area contributed by atoms with E-state index in [0.717, 1.165) is 6.07 Å². The molecule has 3 aliphatic carbocycles. The molecule has 146 valence electrons. The van der Waals surface area contributed by atoms with Crippen molar-refractivity contribution in [3.8, 4) is 5.75 Å². The first-order chi connectivity index (χ1) is 12.8. The third kappa shape index (κ3) is 3.60. The number of carbonyl (C=O) groups is 2. The largest absolute Gasteiger partial charge is 0.484 e. The molecule has 1 aromatic rings. The Morgan fingerprint density at radius 1 is 1.30 bits per heavy atom. The van der Waals surface area contributed by atoms with Crippen molar-refractivity contribution < 1.29 is 23.5 Å². The summed E-state index contributed by atoms with van der Waals surface area (Å²) in [4.78, 5) is 24.3. The number of ether oxygens (including phenoxy) is 2. The van der Waals surface area contributed by atoms with Gasteiger partial charge in [-0.1, -0.05) is 11.6 Å². The minimum absolute atomic E-state index is 0.00328. The molecular formula is C17H20ClFN4O4. The van der Waals surface area contributed by atoms with Crippen LogP contribution in [-0.2, 0) is 14.3 Å². The van der Waals surface area contributed by atoms with Crippen LogP contribution in [0.15, 0.2) is 18.2 Å². The Kier molecular flexibility index (Phi) is 4.50. The van der Waals surface area contributed by atoms with Crippen molar-refractivity contribution in [1.82, 2.24) is 21.5 Å². The summed E-state index contributed by atoms with van der Waals surface area (Å²) in [6.45, 7) is 1.58. The molecule has 0 aromatic heterocycles. The van der Waals surface area contributed by atoms with Crippen LogP contribution in [0.1, 0.15) is 26.2 Å². The monoisotopic (exact) mass is 398 g/mol. The minimum Gasteiger partial charge on any atom is -0.484 e. The first kappa shape index (κ1) is 18.4. The van der Waals surface area contributed by atoms with Crippen LogP contribution in [0.4, 0.5) is 4.39 Å². The Morgan fingerprint density at radius 2 is 2.00 bits per heavy atom. The normalized spacial score (nSPS) is 33.6. The molecule has 4 aliphatic rings. The Bertz CT molecular complexity index is 772. The smallest absolute Gasteiger partial charge is 0.266 e. The third-order valence-corrected chi connectivity index (χ3v) is 5.39. The lowest BCUT2D eigenvalue weighted by atomic mass is 9.44. The van der Waals surface area contributed by atoms with Crippen molar-refractivity contribution in [2.24, 2.45) is 0 Å². The lowest BCUT2D eigenvalue weighted by molar-refractivity contribution is -0.156. The zero-order valence-corrected chi connectivity index (χ0v) is 15.4. The average molecular weight is 399 g/mol. The van der Waals surface area contributed by atoms with E-state index in [9.17, 15) is 14.0 Å². The molecule has 1 heterocycles. The predicted octanol–water partition coefficient (Wildman–Crippen LogP) is 0.562. The molecular weight excluding hydrogens is 379 g/mol. The van der Waals surface area contributed by atoms with E-state index in [0.29, 0.717) is 19.3 Å². The number of halogens is 2. The number of benzene rings is 1. The molecule has 3 saturated carbocycles. The highest BCUT2D eigenvalue weighted by Crippen LogP contribution is 2.60. The van der Waals surface area contributed by atoms with Crippen molar-refractivity contribution in [1.29, 1.82) is 0 Å². The van der Waals surface area contributed by atoms with Gasteiger partial charge in [-0.3, -0.25) is 9.59 Å². The summed E-state index contributed by atoms with van der Waals surface area (Å²) in [5, 5.41) is 5.92. The molecule has 1 aromatic carbocycles. The van der Waals surface area contributed by atoms with Crippen LogP contribution < -0.4 is 26.2 Å². The topological polar surface area (TPSA) is 101 Å². The highest BCUT2D eigenvalue weighted by Gasteiger charge is 2.69. The van der Waals surface area contributed by atoms with Crippen molar-refractivity contribution in [3.63, 3.8) is 0 Å². The number of hydrogen-bond donors (Lipinski definition) is 4. The maximum absolute atomic E-state index is 13.4. The molecule has 5 rings (SSSR count). The standard InChI is InChI=1S/C17H20ClFN4O4/c1-9-22-23-15(27-9)14(25)21-17-6-16(7-17,8-17)20-13(24)5-26-10-2-3-11(18)12(19)4-10/h2-4,9,15,22-23H,5-8H2,1H3,(H,20,24)(H,21,25). The van der Waals surface area contributed by atoms with Gasteiger partial charge in [0.15, 0.2) is 6.61 Å². The number of nitrogens with one attached hydrogen (secondary N) is 4. The van der Waals surface area contributed by atoms with Gasteiger partial charge in [0, 0.05) is 17.1 Å². The van der Waals surface area contributed by atoms with Crippen LogP contribution in [-0.4, -0.2) is 42.0 Å². The molecule has 2 atom stereocenters. The predicted molar refractivity (Wildman–Crippen MR) is 93.1 cm³/mol. The summed E-state index contributed by atoms with van der Waals surface area (Å²) < 4.78 is 24.0. The Balaban J connectivity index is 1.20. The van der Waals surface area contributed by atoms with Gasteiger partial charge in [0.2, 0.25) is 6.23 Å². The summed E-state index contributed by atoms with van der Waals surface area (Å²) in [5.74, 6) is -0.874. The lowest BCUT2D eigenvalue weighted by Crippen LogP contribution is -2.84. The first-order valence-electron chi connectivity index (χ1n) is 8.66. The molecule has 10 heteroatoms. The van der Waals surface area contributed by atoms with E-state index >= 15 is 0 Å². The van der Waals surface area contributed by atoms with Gasteiger partial charge in [0.1, 0.15) is 17.8 Å². The molecule has 2 unspecified atom stereocenters. The van der Waals surface area contributed by atoms with Gasteiger partial charge in [-0.25, -0.2) is 15.2 Å². The van der Waals surface area contributed by atoms with Crippen LogP contribution in [0.5, 0.6) is 5.75 Å². The summed E-state index contributed by atoms with van der Waals surface area (Å²) in [6.07, 6.45) is 1.06. The Labute approximate surface area is 160 Å². The molecule has 4 fully saturated rings. The van der Waals surface area contributed by atoms with E-state index < -0.39 is 12.0 Å². The second kappa shape index (κ2) is 6.59. The van der Waals surface area contributed by atoms with Crippen LogP contribution in [0.3, 0.4) is 0 Å². The Hall–Kier alpha value is -1.94. The fraction of sp³-hybridized carbons (Fsp3) is 0.529. The lowest BCUT2D eigenvalue weighted by Gasteiger charge is -2.70. The van der Waals surface area contributed by atoms with E-state index in [4.69, 9.17) is 21.1 Å². The minimum atomic E-state index is -0.715. The van der Waals surface area contributed by atoms with Crippen LogP contribution >= 0.6 is 11.6 Å². The summed E-state index contributed by atoms with van der Waals surface area (Å²) >= 11 is 5.60. The number of carbonyl (C=O) groups excluding carboxylic acids is 2. The van der Waals surface area contributed by atoms with Gasteiger partial charge in [0.25, 0.3) is 11.8 Å². The van der Waals surface area contributed by atoms with E-state index in [-0.39, 0.29) is 46.5 Å². The first-order valence-corrected chi connectivity index (χ1v) is 9.03. The average Bonchev–Trinajstić information content (AvgIpc) is 2.99. The SMILES string of the molecule is CC1NNC(C(=O)NC23CC(NC(=O)COc4ccc(Cl)c(F)c4)(C2)C3)O1. The van der Waals surface area contributed by atoms with E-state index in [2.05, 4.69) is 21.5 Å². The fourth-order valence-corrected chi connectivity index (χ4v) is 4.14. The number of hydrazine groups is 1. The quantitative estimate of drug-likeness (QED) is 0.559. The van der Waals surface area contributed by atoms with E-state index in [1.54, 1.807) is 6.92 Å². The molecule has 0 radical (unpaired) electrons. The van der Waals surface area contributed by atoms with Crippen molar-refractivity contribution in [3.05, 3.63) is 29.0 Å². The third-order valence-electron chi connectivity index (χ3n) is 5.08. The zero-order chi connectivity index (χ0) is 19.2. The number of rotatable bonds is 6. The van der Waals surface area contributed by atoms with Gasteiger partial charge < -0.3 is 20.1 Å². The molecule has 1 saturated heterocycles. The van der Waals surface area contributed by atoms with Crippen LogP contribution in [0.25, 0.3) is 0 Å². The van der Waals surface area contributed by atoms with Gasteiger partial charge in [-0.2, -0.15) is 0 Å². The molecule has 2 bridgehead atoms. The zero-order valence-electron chi connectivity index (χ0n) is 14.6. The second-order valence-corrected chi connectivity index (χ2v) is 7.85. The summed E-state index contributed by atoms with van der Waals surface area (Å²) in [6, 6.07) is 4.01. The second-order valence-electron chi connectivity index (χ2n) is 7.44. The van der Waals surface area contributed by atoms with Gasteiger partial charge in [0.05, 0.1) is 5.02 Å². The fourth-order valence-electron chi connectivity index (χ4n) is 4.02. The molecule has 4 N–H and O–H groups in total.